The standard InChI is InChI=1S/C17H14BrN5O/c18-14-8-6-12(7-9-14)16-13(10-20-21-17(19)24)11-23(22-16)15-4-2-1-3-5-15/h1-11H,(H3,19,21,24)/b20-10+. The van der Waals surface area contributed by atoms with E-state index in [0.29, 0.717) is 0 Å². The van der Waals surface area contributed by atoms with Crippen molar-refractivity contribution in [3.05, 3.63) is 70.8 Å². The third kappa shape index (κ3) is 3.69. The highest BCUT2D eigenvalue weighted by Crippen LogP contribution is 2.24. The van der Waals surface area contributed by atoms with Gasteiger partial charge in [-0.15, -0.1) is 0 Å². The molecule has 2 amide bonds. The average molecular weight is 384 g/mol. The number of benzene rings is 2. The second-order valence-corrected chi connectivity index (χ2v) is 5.87. The summed E-state index contributed by atoms with van der Waals surface area (Å²) in [5.74, 6) is 0. The molecular weight excluding hydrogens is 370 g/mol. The van der Waals surface area contributed by atoms with Gasteiger partial charge in [0.15, 0.2) is 0 Å². The zero-order valence-electron chi connectivity index (χ0n) is 12.6. The molecule has 0 saturated carbocycles. The van der Waals surface area contributed by atoms with Gasteiger partial charge in [-0.25, -0.2) is 14.9 Å². The molecule has 0 unspecified atom stereocenters. The van der Waals surface area contributed by atoms with Crippen molar-refractivity contribution in [1.82, 2.24) is 15.2 Å². The van der Waals surface area contributed by atoms with Crippen LogP contribution in [0.1, 0.15) is 5.56 Å². The number of hydrazone groups is 1. The Balaban J connectivity index is 2.04. The van der Waals surface area contributed by atoms with Gasteiger partial charge in [-0.1, -0.05) is 46.3 Å². The van der Waals surface area contributed by atoms with E-state index in [1.165, 1.54) is 6.21 Å². The summed E-state index contributed by atoms with van der Waals surface area (Å²) < 4.78 is 2.75. The fourth-order valence-electron chi connectivity index (χ4n) is 2.19. The molecular formula is C17H14BrN5O. The Morgan fingerprint density at radius 3 is 2.54 bits per heavy atom. The maximum atomic E-state index is 10.8. The number of urea groups is 1. The molecule has 120 valence electrons. The van der Waals surface area contributed by atoms with Crippen molar-refractivity contribution in [1.29, 1.82) is 0 Å². The van der Waals surface area contributed by atoms with E-state index in [-0.39, 0.29) is 0 Å². The van der Waals surface area contributed by atoms with E-state index in [0.717, 1.165) is 27.0 Å². The number of rotatable bonds is 4. The van der Waals surface area contributed by atoms with Crippen molar-refractivity contribution in [2.24, 2.45) is 10.8 Å². The summed E-state index contributed by atoms with van der Waals surface area (Å²) in [7, 11) is 0. The van der Waals surface area contributed by atoms with Crippen LogP contribution in [0, 0.1) is 0 Å². The molecule has 2 aromatic carbocycles. The number of primary amides is 1. The molecule has 0 fully saturated rings. The monoisotopic (exact) mass is 383 g/mol. The molecule has 24 heavy (non-hydrogen) atoms. The highest BCUT2D eigenvalue weighted by molar-refractivity contribution is 9.10. The van der Waals surface area contributed by atoms with Crippen LogP contribution in [0.2, 0.25) is 0 Å². The average Bonchev–Trinajstić information content (AvgIpc) is 3.00. The molecule has 0 atom stereocenters. The summed E-state index contributed by atoms with van der Waals surface area (Å²) in [6.45, 7) is 0. The zero-order valence-corrected chi connectivity index (χ0v) is 14.1. The highest BCUT2D eigenvalue weighted by Gasteiger charge is 2.11. The predicted octanol–water partition coefficient (Wildman–Crippen LogP) is 3.30. The Morgan fingerprint density at radius 2 is 1.88 bits per heavy atom. The smallest absolute Gasteiger partial charge is 0.332 e. The van der Waals surface area contributed by atoms with Gasteiger partial charge in [0.2, 0.25) is 0 Å². The predicted molar refractivity (Wildman–Crippen MR) is 97.0 cm³/mol. The quantitative estimate of drug-likeness (QED) is 0.534. The number of para-hydroxylation sites is 1. The first-order chi connectivity index (χ1) is 11.6. The number of amides is 2. The summed E-state index contributed by atoms with van der Waals surface area (Å²) in [6.07, 6.45) is 3.37. The van der Waals surface area contributed by atoms with Crippen molar-refractivity contribution >= 4 is 28.2 Å². The number of hydrogen-bond donors (Lipinski definition) is 2. The number of aromatic nitrogens is 2. The highest BCUT2D eigenvalue weighted by atomic mass is 79.9. The molecule has 3 aromatic rings. The van der Waals surface area contributed by atoms with Crippen molar-refractivity contribution in [2.75, 3.05) is 0 Å². The molecule has 7 heteroatoms. The van der Waals surface area contributed by atoms with Crippen molar-refractivity contribution < 1.29 is 4.79 Å². The fraction of sp³-hybridized carbons (Fsp3) is 0. The van der Waals surface area contributed by atoms with Gasteiger partial charge in [-0.05, 0) is 24.3 Å². The molecule has 1 heterocycles. The number of nitrogens with two attached hydrogens (primary N) is 1. The van der Waals surface area contributed by atoms with Gasteiger partial charge in [0.25, 0.3) is 0 Å². The Bertz CT molecular complexity index is 872. The van der Waals surface area contributed by atoms with Gasteiger partial charge >= 0.3 is 6.03 Å². The van der Waals surface area contributed by atoms with E-state index < -0.39 is 6.03 Å². The van der Waals surface area contributed by atoms with Crippen LogP contribution in [0.3, 0.4) is 0 Å². The Hall–Kier alpha value is -2.93. The van der Waals surface area contributed by atoms with Gasteiger partial charge < -0.3 is 5.73 Å². The van der Waals surface area contributed by atoms with Gasteiger partial charge in [0.1, 0.15) is 5.69 Å². The molecule has 0 spiro atoms. The van der Waals surface area contributed by atoms with Crippen LogP contribution in [-0.4, -0.2) is 22.0 Å². The lowest BCUT2D eigenvalue weighted by atomic mass is 10.1. The van der Waals surface area contributed by atoms with Crippen LogP contribution in [0.25, 0.3) is 16.9 Å². The van der Waals surface area contributed by atoms with Crippen LogP contribution in [-0.2, 0) is 0 Å². The minimum absolute atomic E-state index is 0.716. The van der Waals surface area contributed by atoms with Crippen LogP contribution in [0.15, 0.2) is 70.4 Å². The number of carbonyl (C=O) groups excluding carboxylic acids is 1. The van der Waals surface area contributed by atoms with Crippen LogP contribution >= 0.6 is 15.9 Å². The molecule has 6 nitrogen and oxygen atoms in total. The molecule has 0 bridgehead atoms. The molecule has 0 aliphatic heterocycles. The summed E-state index contributed by atoms with van der Waals surface area (Å²) in [6, 6.07) is 16.8. The topological polar surface area (TPSA) is 85.3 Å². The van der Waals surface area contributed by atoms with Crippen LogP contribution in [0.5, 0.6) is 0 Å². The van der Waals surface area contributed by atoms with Crippen molar-refractivity contribution in [3.63, 3.8) is 0 Å². The summed E-state index contributed by atoms with van der Waals surface area (Å²) >= 11 is 3.42. The summed E-state index contributed by atoms with van der Waals surface area (Å²) in [5.41, 5.74) is 10.6. The van der Waals surface area contributed by atoms with Crippen LogP contribution < -0.4 is 11.2 Å². The Kier molecular flexibility index (Phi) is 4.72. The molecule has 1 aromatic heterocycles. The van der Waals surface area contributed by atoms with Gasteiger partial charge in [-0.2, -0.15) is 10.2 Å². The van der Waals surface area contributed by atoms with Crippen LogP contribution in [0.4, 0.5) is 4.79 Å². The van der Waals surface area contributed by atoms with E-state index in [1.54, 1.807) is 4.68 Å². The first-order valence-corrected chi connectivity index (χ1v) is 7.92. The normalized spacial score (nSPS) is 10.9. The Labute approximate surface area is 147 Å². The maximum Gasteiger partial charge on any atom is 0.332 e. The number of carbonyl (C=O) groups is 1. The van der Waals surface area contributed by atoms with Gasteiger partial charge in [0.05, 0.1) is 11.9 Å². The molecule has 3 N–H and O–H groups in total. The van der Waals surface area contributed by atoms with Gasteiger partial charge in [-0.3, -0.25) is 0 Å². The maximum absolute atomic E-state index is 10.8. The molecule has 3 rings (SSSR count). The first-order valence-electron chi connectivity index (χ1n) is 7.13. The molecule has 0 aliphatic rings. The minimum atomic E-state index is -0.716. The van der Waals surface area contributed by atoms with E-state index in [1.807, 2.05) is 60.8 Å². The molecule has 0 aliphatic carbocycles. The van der Waals surface area contributed by atoms with E-state index in [9.17, 15) is 4.79 Å². The largest absolute Gasteiger partial charge is 0.350 e. The zero-order chi connectivity index (χ0) is 16.9. The second kappa shape index (κ2) is 7.10. The molecule has 0 saturated heterocycles. The summed E-state index contributed by atoms with van der Waals surface area (Å²) in [5, 5.41) is 8.48. The number of nitrogens with zero attached hydrogens (tertiary/aromatic N) is 3. The second-order valence-electron chi connectivity index (χ2n) is 4.95. The van der Waals surface area contributed by atoms with Gasteiger partial charge in [0, 0.05) is 21.8 Å². The van der Waals surface area contributed by atoms with Crippen molar-refractivity contribution in [3.8, 4) is 16.9 Å². The number of nitrogens with one attached hydrogen (secondary N) is 1. The summed E-state index contributed by atoms with van der Waals surface area (Å²) in [4.78, 5) is 10.8. The number of halogens is 1. The lowest BCUT2D eigenvalue weighted by Crippen LogP contribution is -2.24. The third-order valence-corrected chi connectivity index (χ3v) is 3.79. The lowest BCUT2D eigenvalue weighted by Gasteiger charge is -2.00. The van der Waals surface area contributed by atoms with E-state index in [2.05, 4.69) is 31.6 Å². The lowest BCUT2D eigenvalue weighted by molar-refractivity contribution is 0.249. The van der Waals surface area contributed by atoms with Crippen molar-refractivity contribution in [2.45, 2.75) is 0 Å². The number of hydrogen-bond acceptors (Lipinski definition) is 3. The fourth-order valence-corrected chi connectivity index (χ4v) is 2.46. The SMILES string of the molecule is NC(=O)N/N=C/c1cn(-c2ccccc2)nc1-c1ccc(Br)cc1. The minimum Gasteiger partial charge on any atom is -0.350 e. The van der Waals surface area contributed by atoms with E-state index in [4.69, 9.17) is 5.73 Å². The first kappa shape index (κ1) is 15.9. The third-order valence-electron chi connectivity index (χ3n) is 3.26. The molecule has 0 radical (unpaired) electrons. The Morgan fingerprint density at radius 1 is 1.17 bits per heavy atom. The van der Waals surface area contributed by atoms with E-state index >= 15 is 0 Å².